The number of methoxy groups -OCH3 is 2. The fourth-order valence-corrected chi connectivity index (χ4v) is 0.534. The van der Waals surface area contributed by atoms with E-state index in [-0.39, 0.29) is 0 Å². The van der Waals surface area contributed by atoms with Crippen molar-refractivity contribution in [3.8, 4) is 0 Å². The van der Waals surface area contributed by atoms with Gasteiger partial charge in [-0.25, -0.2) is 0 Å². The average Bonchev–Trinajstić information content (AvgIpc) is 1.64. The number of ether oxygens (including phenoxy) is 2. The molecule has 0 aliphatic carbocycles. The lowest BCUT2D eigenvalue weighted by Crippen LogP contribution is -2.09. The summed E-state index contributed by atoms with van der Waals surface area (Å²) in [5.41, 5.74) is 0. The lowest BCUT2D eigenvalue weighted by atomic mass is 10.2. The maximum atomic E-state index is 7.48. The van der Waals surface area contributed by atoms with Gasteiger partial charge < -0.3 is 9.47 Å². The highest BCUT2D eigenvalue weighted by Gasteiger charge is 1.97. The van der Waals surface area contributed by atoms with Gasteiger partial charge in [0.15, 0.2) is 0 Å². The molecule has 0 N–H and O–H groups in total. The van der Waals surface area contributed by atoms with Crippen LogP contribution in [0, 0.1) is 5.89 Å². The first-order chi connectivity index (χ1) is 4.12. The Morgan fingerprint density at radius 2 is 1.75 bits per heavy atom. The first-order valence-electron chi connectivity index (χ1n) is 3.10. The Hall–Kier alpha value is -0.0800. The van der Waals surface area contributed by atoms with Gasteiger partial charge in [-0.2, -0.15) is 0 Å². The number of hydrogen-bond donors (Lipinski definition) is 0. The summed E-state index contributed by atoms with van der Waals surface area (Å²) in [6, 6.07) is 0. The Kier molecular flexibility index (Phi) is 3.83. The normalized spacial score (nSPS) is 13.6. The van der Waals surface area contributed by atoms with E-state index in [0.717, 1.165) is 0 Å². The predicted octanol–water partition coefficient (Wildman–Crippen LogP) is 0.915. The lowest BCUT2D eigenvalue weighted by Gasteiger charge is -2.06. The Morgan fingerprint density at radius 3 is 2.00 bits per heavy atom. The summed E-state index contributed by atoms with van der Waals surface area (Å²) in [7, 11) is 3.17. The molecule has 0 aromatic rings. The van der Waals surface area contributed by atoms with Crippen molar-refractivity contribution in [2.45, 2.75) is 6.92 Å². The van der Waals surface area contributed by atoms with E-state index in [1.165, 1.54) is 0 Å². The zero-order valence-electron chi connectivity index (χ0n) is 6.73. The molecule has 0 amide bonds. The molecular formula is C6H14O2. The van der Waals surface area contributed by atoms with Gasteiger partial charge in [-0.3, -0.25) is 0 Å². The summed E-state index contributed by atoms with van der Waals surface area (Å²) in [5.74, 6) is -0.594. The highest BCUT2D eigenvalue weighted by atomic mass is 16.5. The first-order valence-corrected chi connectivity index (χ1v) is 2.60. The van der Waals surface area contributed by atoms with Crippen LogP contribution in [0.25, 0.3) is 0 Å². The molecule has 0 spiro atoms. The minimum atomic E-state index is -0.594. The lowest BCUT2D eigenvalue weighted by molar-refractivity contribution is 0.0933. The zero-order valence-corrected chi connectivity index (χ0v) is 5.73. The van der Waals surface area contributed by atoms with Crippen molar-refractivity contribution < 1.29 is 10.8 Å². The molecule has 0 bridgehead atoms. The van der Waals surface area contributed by atoms with Crippen LogP contribution in [0.15, 0.2) is 0 Å². The van der Waals surface area contributed by atoms with Crippen LogP contribution >= 0.6 is 0 Å². The van der Waals surface area contributed by atoms with Crippen molar-refractivity contribution in [1.82, 2.24) is 0 Å². The third kappa shape index (κ3) is 4.09. The molecule has 2 heteroatoms. The van der Waals surface area contributed by atoms with Crippen molar-refractivity contribution in [1.29, 1.82) is 0 Å². The first kappa shape index (κ1) is 6.05. The van der Waals surface area contributed by atoms with Crippen molar-refractivity contribution in [3.63, 3.8) is 0 Å². The molecule has 0 aliphatic rings. The molecule has 8 heavy (non-hydrogen) atoms. The monoisotopic (exact) mass is 119 g/mol. The third-order valence-corrected chi connectivity index (χ3v) is 0.781. The van der Waals surface area contributed by atoms with E-state index in [0.29, 0.717) is 13.2 Å². The summed E-state index contributed by atoms with van der Waals surface area (Å²) in [5, 5.41) is 0. The minimum absolute atomic E-state index is 0.418. The molecule has 0 fully saturated rings. The van der Waals surface area contributed by atoms with E-state index in [4.69, 9.17) is 10.8 Å². The van der Waals surface area contributed by atoms with Gasteiger partial charge in [-0.05, 0) is 0 Å². The molecule has 2 nitrogen and oxygen atoms in total. The van der Waals surface area contributed by atoms with E-state index >= 15 is 0 Å². The Bertz CT molecular complexity index is 65.5. The van der Waals surface area contributed by atoms with Crippen LogP contribution in [0.3, 0.4) is 0 Å². The quantitative estimate of drug-likeness (QED) is 0.547. The third-order valence-electron chi connectivity index (χ3n) is 0.781. The molecule has 50 valence electrons. The molecule has 0 unspecified atom stereocenters. The molecule has 0 rings (SSSR count). The van der Waals surface area contributed by atoms with Crippen LogP contribution in [0.2, 0.25) is 0 Å². The van der Waals surface area contributed by atoms with Gasteiger partial charge in [-0.1, -0.05) is 6.92 Å². The standard InChI is InChI=1S/C6H14O2/c1-6(4-7-2)5-8-3/h6H,4-5H2,1-3H3/i6D. The van der Waals surface area contributed by atoms with Gasteiger partial charge in [0.05, 0.1) is 13.2 Å². The Balaban J connectivity index is 3.43. The molecule has 0 heterocycles. The van der Waals surface area contributed by atoms with Crippen LogP contribution in [0.1, 0.15) is 8.29 Å². The topological polar surface area (TPSA) is 18.5 Å². The Labute approximate surface area is 52.2 Å². The smallest absolute Gasteiger partial charge is 0.0509 e. The second kappa shape index (κ2) is 5.06. The maximum Gasteiger partial charge on any atom is 0.0509 e. The molecule has 0 radical (unpaired) electrons. The van der Waals surface area contributed by atoms with Crippen LogP contribution in [0.4, 0.5) is 0 Å². The van der Waals surface area contributed by atoms with E-state index in [2.05, 4.69) is 0 Å². The predicted molar refractivity (Wildman–Crippen MR) is 32.9 cm³/mol. The fraction of sp³-hybridized carbons (Fsp3) is 1.00. The van der Waals surface area contributed by atoms with Crippen LogP contribution < -0.4 is 0 Å². The maximum absolute atomic E-state index is 7.48. The second-order valence-electron chi connectivity index (χ2n) is 1.82. The van der Waals surface area contributed by atoms with Crippen LogP contribution in [0.5, 0.6) is 0 Å². The van der Waals surface area contributed by atoms with Gasteiger partial charge in [0.1, 0.15) is 0 Å². The summed E-state index contributed by atoms with van der Waals surface area (Å²) >= 11 is 0. The van der Waals surface area contributed by atoms with Gasteiger partial charge >= 0.3 is 0 Å². The van der Waals surface area contributed by atoms with Gasteiger partial charge in [0.25, 0.3) is 0 Å². The van der Waals surface area contributed by atoms with Gasteiger partial charge in [-0.15, -0.1) is 0 Å². The summed E-state index contributed by atoms with van der Waals surface area (Å²) in [4.78, 5) is 0. The second-order valence-corrected chi connectivity index (χ2v) is 1.82. The van der Waals surface area contributed by atoms with Crippen LogP contribution in [-0.2, 0) is 9.47 Å². The number of rotatable bonds is 4. The number of hydrogen-bond acceptors (Lipinski definition) is 2. The minimum Gasteiger partial charge on any atom is -0.384 e. The average molecular weight is 119 g/mol. The summed E-state index contributed by atoms with van der Waals surface area (Å²) in [6.07, 6.45) is 0. The molecule has 0 saturated carbocycles. The van der Waals surface area contributed by atoms with Gasteiger partial charge in [0.2, 0.25) is 0 Å². The van der Waals surface area contributed by atoms with Crippen LogP contribution in [-0.4, -0.2) is 27.4 Å². The van der Waals surface area contributed by atoms with E-state index in [9.17, 15) is 0 Å². The van der Waals surface area contributed by atoms with Gasteiger partial charge in [0, 0.05) is 21.5 Å². The van der Waals surface area contributed by atoms with E-state index < -0.39 is 5.89 Å². The highest BCUT2D eigenvalue weighted by Crippen LogP contribution is 1.93. The van der Waals surface area contributed by atoms with E-state index in [1.54, 1.807) is 21.1 Å². The van der Waals surface area contributed by atoms with Crippen molar-refractivity contribution in [2.75, 3.05) is 27.4 Å². The largest absolute Gasteiger partial charge is 0.384 e. The summed E-state index contributed by atoms with van der Waals surface area (Å²) in [6.45, 7) is 2.61. The van der Waals surface area contributed by atoms with Crippen molar-refractivity contribution in [2.24, 2.45) is 5.89 Å². The molecule has 0 atom stereocenters. The van der Waals surface area contributed by atoms with Crippen molar-refractivity contribution >= 4 is 0 Å². The summed E-state index contributed by atoms with van der Waals surface area (Å²) < 4.78 is 17.1. The molecular weight excluding hydrogens is 104 g/mol. The fourth-order valence-electron chi connectivity index (χ4n) is 0.534. The molecule has 0 saturated heterocycles. The molecule has 0 aliphatic heterocycles. The molecule has 0 aromatic heterocycles. The molecule has 0 aromatic carbocycles. The SMILES string of the molecule is [2H]C(C)(COC)COC. The van der Waals surface area contributed by atoms with Crippen molar-refractivity contribution in [3.05, 3.63) is 0 Å². The zero-order chi connectivity index (χ0) is 7.33. The van der Waals surface area contributed by atoms with E-state index in [1.807, 2.05) is 0 Å². The highest BCUT2D eigenvalue weighted by molar-refractivity contribution is 4.45. The Morgan fingerprint density at radius 1 is 1.38 bits per heavy atom.